The molecule has 0 saturated heterocycles. The van der Waals surface area contributed by atoms with Gasteiger partial charge in [-0.3, -0.25) is 0 Å². The van der Waals surface area contributed by atoms with E-state index in [-0.39, 0.29) is 0 Å². The first-order chi connectivity index (χ1) is 19.4. The van der Waals surface area contributed by atoms with E-state index in [9.17, 15) is 0 Å². The molecule has 7 atom stereocenters. The second-order valence-corrected chi connectivity index (χ2v) is 16.9. The SMILES string of the molecule is CCC1CCC(CCC2CCCC(C)C2)CC1.CCCCC1C(C)CC2CCCC2C1C1CCC(C(C)C)CC1. The summed E-state index contributed by atoms with van der Waals surface area (Å²) in [6.07, 6.45) is 33.6. The molecule has 0 aromatic heterocycles. The van der Waals surface area contributed by atoms with E-state index in [1.807, 2.05) is 0 Å². The van der Waals surface area contributed by atoms with Crippen molar-refractivity contribution in [1.82, 2.24) is 0 Å². The smallest absolute Gasteiger partial charge is 0.0324 e. The summed E-state index contributed by atoms with van der Waals surface area (Å²) in [6.45, 7) is 14.7. The lowest BCUT2D eigenvalue weighted by Crippen LogP contribution is -2.42. The first-order valence-corrected chi connectivity index (χ1v) is 19.4. The van der Waals surface area contributed by atoms with Crippen molar-refractivity contribution in [1.29, 1.82) is 0 Å². The van der Waals surface area contributed by atoms with Crippen LogP contribution in [0.2, 0.25) is 0 Å². The van der Waals surface area contributed by atoms with Gasteiger partial charge in [-0.05, 0) is 122 Å². The minimum absolute atomic E-state index is 0.913. The molecule has 5 rings (SSSR count). The molecule has 0 heterocycles. The molecule has 0 aromatic carbocycles. The van der Waals surface area contributed by atoms with Crippen molar-refractivity contribution in [2.24, 2.45) is 71.0 Å². The van der Waals surface area contributed by atoms with Crippen LogP contribution in [0.25, 0.3) is 0 Å². The molecule has 234 valence electrons. The van der Waals surface area contributed by atoms with Gasteiger partial charge < -0.3 is 0 Å². The van der Waals surface area contributed by atoms with Crippen molar-refractivity contribution in [2.45, 2.75) is 183 Å². The van der Waals surface area contributed by atoms with Crippen LogP contribution in [0.1, 0.15) is 183 Å². The zero-order chi connectivity index (χ0) is 28.5. The Bertz CT molecular complexity index is 662. The minimum Gasteiger partial charge on any atom is -0.0654 e. The molecule has 0 bridgehead atoms. The van der Waals surface area contributed by atoms with Crippen molar-refractivity contribution >= 4 is 0 Å². The first kappa shape index (κ1) is 32.9. The fraction of sp³-hybridized carbons (Fsp3) is 1.00. The molecule has 0 aromatic rings. The normalized spacial score (nSPS) is 42.2. The molecule has 0 nitrogen and oxygen atoms in total. The van der Waals surface area contributed by atoms with Crippen LogP contribution < -0.4 is 0 Å². The summed E-state index contributed by atoms with van der Waals surface area (Å²) < 4.78 is 0. The van der Waals surface area contributed by atoms with Crippen LogP contribution in [0, 0.1) is 71.0 Å². The second kappa shape index (κ2) is 16.7. The molecule has 0 aliphatic heterocycles. The molecular weight excluding hydrogens is 480 g/mol. The Balaban J connectivity index is 0.000000194. The van der Waals surface area contributed by atoms with E-state index in [1.54, 1.807) is 64.2 Å². The molecule has 0 N–H and O–H groups in total. The van der Waals surface area contributed by atoms with Gasteiger partial charge in [0.2, 0.25) is 0 Å². The lowest BCUT2D eigenvalue weighted by atomic mass is 9.56. The van der Waals surface area contributed by atoms with Crippen LogP contribution in [0.15, 0.2) is 0 Å². The fourth-order valence-corrected chi connectivity index (χ4v) is 11.2. The number of hydrogen-bond donors (Lipinski definition) is 0. The predicted molar refractivity (Wildman–Crippen MR) is 177 cm³/mol. The Labute approximate surface area is 253 Å². The highest BCUT2D eigenvalue weighted by molar-refractivity contribution is 4.97. The van der Waals surface area contributed by atoms with Gasteiger partial charge in [0.15, 0.2) is 0 Å². The van der Waals surface area contributed by atoms with Crippen molar-refractivity contribution in [2.75, 3.05) is 0 Å². The van der Waals surface area contributed by atoms with Crippen LogP contribution in [-0.2, 0) is 0 Å². The molecule has 7 unspecified atom stereocenters. The average molecular weight is 555 g/mol. The number of fused-ring (bicyclic) bond motifs is 1. The maximum atomic E-state index is 2.61. The monoisotopic (exact) mass is 555 g/mol. The highest BCUT2D eigenvalue weighted by atomic mass is 14.5. The third kappa shape index (κ3) is 9.25. The third-order valence-electron chi connectivity index (χ3n) is 13.9. The summed E-state index contributed by atoms with van der Waals surface area (Å²) in [7, 11) is 0. The van der Waals surface area contributed by atoms with Crippen molar-refractivity contribution in [3.05, 3.63) is 0 Å². The van der Waals surface area contributed by atoms with E-state index in [4.69, 9.17) is 0 Å². The number of hydrogen-bond acceptors (Lipinski definition) is 0. The van der Waals surface area contributed by atoms with E-state index in [2.05, 4.69) is 41.5 Å². The van der Waals surface area contributed by atoms with Crippen LogP contribution >= 0.6 is 0 Å². The Kier molecular flexibility index (Phi) is 13.8. The molecule has 5 saturated carbocycles. The second-order valence-electron chi connectivity index (χ2n) is 16.9. The quantitative estimate of drug-likeness (QED) is 0.266. The van der Waals surface area contributed by atoms with E-state index in [1.165, 1.54) is 77.0 Å². The average Bonchev–Trinajstić information content (AvgIpc) is 3.43. The van der Waals surface area contributed by atoms with Crippen LogP contribution in [0.5, 0.6) is 0 Å². The first-order valence-electron chi connectivity index (χ1n) is 19.4. The van der Waals surface area contributed by atoms with Gasteiger partial charge in [0.1, 0.15) is 0 Å². The molecule has 0 amide bonds. The van der Waals surface area contributed by atoms with E-state index >= 15 is 0 Å². The molecule has 0 radical (unpaired) electrons. The van der Waals surface area contributed by atoms with Gasteiger partial charge in [-0.2, -0.15) is 0 Å². The summed E-state index contributed by atoms with van der Waals surface area (Å²) >= 11 is 0. The largest absolute Gasteiger partial charge is 0.0654 e. The van der Waals surface area contributed by atoms with Gasteiger partial charge in [-0.1, -0.05) is 131 Å². The zero-order valence-electron chi connectivity index (χ0n) is 28.5. The van der Waals surface area contributed by atoms with Gasteiger partial charge >= 0.3 is 0 Å². The molecule has 5 aliphatic rings. The van der Waals surface area contributed by atoms with Gasteiger partial charge in [0, 0.05) is 0 Å². The lowest BCUT2D eigenvalue weighted by Gasteiger charge is -2.50. The van der Waals surface area contributed by atoms with E-state index in [0.29, 0.717) is 0 Å². The van der Waals surface area contributed by atoms with Crippen molar-refractivity contribution in [3.63, 3.8) is 0 Å². The molecule has 0 spiro atoms. The predicted octanol–water partition coefficient (Wildman–Crippen LogP) is 13.1. The Hall–Kier alpha value is 0. The Morgan fingerprint density at radius 3 is 1.93 bits per heavy atom. The standard InChI is InChI=1S/C23H42.C17H32/c1-5-6-9-21-17(4)15-20-8-7-10-22(20)23(21)19-13-11-18(12-14-19)16(2)3;1-3-15-7-9-16(10-8-15)11-12-17-6-4-5-14(2)13-17/h16-23H,5-15H2,1-4H3;14-17H,3-13H2,1-2H3. The fourth-order valence-electron chi connectivity index (χ4n) is 11.2. The Morgan fingerprint density at radius 1 is 0.600 bits per heavy atom. The van der Waals surface area contributed by atoms with Crippen molar-refractivity contribution in [3.8, 4) is 0 Å². The topological polar surface area (TPSA) is 0 Å². The summed E-state index contributed by atoms with van der Waals surface area (Å²) in [6, 6.07) is 0. The molecule has 40 heavy (non-hydrogen) atoms. The van der Waals surface area contributed by atoms with Crippen LogP contribution in [0.4, 0.5) is 0 Å². The number of rotatable bonds is 9. The van der Waals surface area contributed by atoms with Gasteiger partial charge in [-0.25, -0.2) is 0 Å². The van der Waals surface area contributed by atoms with Gasteiger partial charge in [-0.15, -0.1) is 0 Å². The summed E-state index contributed by atoms with van der Waals surface area (Å²) in [5.41, 5.74) is 0. The molecule has 5 aliphatic carbocycles. The maximum absolute atomic E-state index is 2.61. The van der Waals surface area contributed by atoms with Crippen LogP contribution in [0.3, 0.4) is 0 Å². The summed E-state index contributed by atoms with van der Waals surface area (Å²) in [4.78, 5) is 0. The molecular formula is C40H74. The Morgan fingerprint density at radius 2 is 1.27 bits per heavy atom. The van der Waals surface area contributed by atoms with Gasteiger partial charge in [0.25, 0.3) is 0 Å². The zero-order valence-corrected chi connectivity index (χ0v) is 28.5. The summed E-state index contributed by atoms with van der Waals surface area (Å²) in [5, 5.41) is 0. The van der Waals surface area contributed by atoms with Crippen LogP contribution in [-0.4, -0.2) is 0 Å². The highest BCUT2D eigenvalue weighted by Gasteiger charge is 2.47. The molecule has 5 fully saturated rings. The maximum Gasteiger partial charge on any atom is -0.0324 e. The van der Waals surface area contributed by atoms with E-state index in [0.717, 1.165) is 71.0 Å². The van der Waals surface area contributed by atoms with Gasteiger partial charge in [0.05, 0.1) is 0 Å². The lowest BCUT2D eigenvalue weighted by molar-refractivity contribution is -0.00486. The number of unbranched alkanes of at least 4 members (excludes halogenated alkanes) is 1. The van der Waals surface area contributed by atoms with Crippen molar-refractivity contribution < 1.29 is 0 Å². The highest BCUT2D eigenvalue weighted by Crippen LogP contribution is 2.56. The minimum atomic E-state index is 0.913. The van der Waals surface area contributed by atoms with E-state index < -0.39 is 0 Å². The molecule has 0 heteroatoms. The third-order valence-corrected chi connectivity index (χ3v) is 13.9. The summed E-state index contributed by atoms with van der Waals surface area (Å²) in [5.74, 6) is 12.7.